The van der Waals surface area contributed by atoms with Gasteiger partial charge >= 0.3 is 6.09 Å². The van der Waals surface area contributed by atoms with Gasteiger partial charge < -0.3 is 5.32 Å². The molecule has 4 heteroatoms. The number of hydrogen-bond donors (Lipinski definition) is 1. The number of hydrogen-bond acceptors (Lipinski definition) is 3. The van der Waals surface area contributed by atoms with Crippen molar-refractivity contribution in [3.63, 3.8) is 0 Å². The van der Waals surface area contributed by atoms with Crippen LogP contribution < -0.4 is 5.32 Å². The highest BCUT2D eigenvalue weighted by atomic mass is 16.7. The van der Waals surface area contributed by atoms with Crippen molar-refractivity contribution in [1.29, 1.82) is 0 Å². The fraction of sp³-hybridized carbons (Fsp3) is 0.833. The molecule has 0 aliphatic heterocycles. The van der Waals surface area contributed by atoms with Gasteiger partial charge in [-0.3, -0.25) is 4.84 Å². The van der Waals surface area contributed by atoms with Crippen LogP contribution in [0.2, 0.25) is 0 Å². The minimum Gasteiger partial charge on any atom is -0.317 e. The SMILES string of the molecule is O=C(NC1CCCCC1)ON=C1CCCC1. The van der Waals surface area contributed by atoms with Crippen LogP contribution in [0.15, 0.2) is 5.16 Å². The van der Waals surface area contributed by atoms with Crippen LogP contribution in [-0.2, 0) is 4.84 Å². The Labute approximate surface area is 96.4 Å². The highest BCUT2D eigenvalue weighted by Crippen LogP contribution is 2.17. The number of nitrogens with zero attached hydrogens (tertiary/aromatic N) is 1. The molecule has 0 bridgehead atoms. The van der Waals surface area contributed by atoms with Crippen molar-refractivity contribution < 1.29 is 9.63 Å². The monoisotopic (exact) mass is 224 g/mol. The summed E-state index contributed by atoms with van der Waals surface area (Å²) in [4.78, 5) is 16.3. The second-order valence-electron chi connectivity index (χ2n) is 4.72. The van der Waals surface area contributed by atoms with E-state index in [4.69, 9.17) is 4.84 Å². The minimum absolute atomic E-state index is 0.296. The summed E-state index contributed by atoms with van der Waals surface area (Å²) in [5.41, 5.74) is 1.03. The first-order chi connectivity index (χ1) is 7.84. The van der Waals surface area contributed by atoms with Gasteiger partial charge in [0, 0.05) is 6.04 Å². The molecule has 0 radical (unpaired) electrons. The van der Waals surface area contributed by atoms with Crippen LogP contribution in [0.3, 0.4) is 0 Å². The lowest BCUT2D eigenvalue weighted by molar-refractivity contribution is 0.143. The molecule has 2 aliphatic carbocycles. The van der Waals surface area contributed by atoms with E-state index in [0.29, 0.717) is 6.04 Å². The van der Waals surface area contributed by atoms with Crippen molar-refractivity contribution in [2.24, 2.45) is 5.16 Å². The maximum atomic E-state index is 11.4. The van der Waals surface area contributed by atoms with Gasteiger partial charge in [-0.05, 0) is 38.5 Å². The van der Waals surface area contributed by atoms with Gasteiger partial charge in [0.1, 0.15) is 0 Å². The molecule has 0 unspecified atom stereocenters. The van der Waals surface area contributed by atoms with E-state index >= 15 is 0 Å². The summed E-state index contributed by atoms with van der Waals surface area (Å²) in [6, 6.07) is 0.296. The largest absolute Gasteiger partial charge is 0.433 e. The molecule has 0 aromatic rings. The zero-order chi connectivity index (χ0) is 11.2. The summed E-state index contributed by atoms with van der Waals surface area (Å²) in [5.74, 6) is 0. The Morgan fingerprint density at radius 1 is 1.12 bits per heavy atom. The summed E-state index contributed by atoms with van der Waals surface area (Å²) in [5, 5.41) is 6.77. The van der Waals surface area contributed by atoms with Crippen molar-refractivity contribution in [3.05, 3.63) is 0 Å². The first kappa shape index (κ1) is 11.4. The van der Waals surface area contributed by atoms with Gasteiger partial charge in [-0.15, -0.1) is 0 Å². The first-order valence-electron chi connectivity index (χ1n) is 6.38. The Kier molecular flexibility index (Phi) is 4.19. The molecule has 0 aromatic carbocycles. The average molecular weight is 224 g/mol. The first-order valence-corrected chi connectivity index (χ1v) is 6.38. The van der Waals surface area contributed by atoms with Crippen LogP contribution >= 0.6 is 0 Å². The Balaban J connectivity index is 1.68. The minimum atomic E-state index is -0.383. The highest BCUT2D eigenvalue weighted by molar-refractivity contribution is 5.86. The molecule has 1 amide bonds. The lowest BCUT2D eigenvalue weighted by Crippen LogP contribution is -2.35. The molecule has 2 saturated carbocycles. The van der Waals surface area contributed by atoms with Gasteiger partial charge in [-0.2, -0.15) is 0 Å². The number of carbonyl (C=O) groups is 1. The summed E-state index contributed by atoms with van der Waals surface area (Å²) in [6.45, 7) is 0. The van der Waals surface area contributed by atoms with Crippen LogP contribution in [0.25, 0.3) is 0 Å². The van der Waals surface area contributed by atoms with E-state index in [-0.39, 0.29) is 6.09 Å². The molecule has 2 rings (SSSR count). The number of carbonyl (C=O) groups excluding carboxylic acids is 1. The number of oxime groups is 1. The van der Waals surface area contributed by atoms with Gasteiger partial charge in [-0.25, -0.2) is 4.79 Å². The van der Waals surface area contributed by atoms with Crippen molar-refractivity contribution in [2.75, 3.05) is 0 Å². The van der Waals surface area contributed by atoms with Gasteiger partial charge in [0.2, 0.25) is 0 Å². The second-order valence-corrected chi connectivity index (χ2v) is 4.72. The van der Waals surface area contributed by atoms with Crippen molar-refractivity contribution in [2.45, 2.75) is 63.8 Å². The van der Waals surface area contributed by atoms with Crippen LogP contribution in [-0.4, -0.2) is 17.8 Å². The Morgan fingerprint density at radius 2 is 1.81 bits per heavy atom. The summed E-state index contributed by atoms with van der Waals surface area (Å²) < 4.78 is 0. The average Bonchev–Trinajstić information content (AvgIpc) is 2.81. The Bertz CT molecular complexity index is 262. The van der Waals surface area contributed by atoms with E-state index in [1.807, 2.05) is 0 Å². The molecule has 16 heavy (non-hydrogen) atoms. The van der Waals surface area contributed by atoms with Crippen LogP contribution in [0.1, 0.15) is 57.8 Å². The molecule has 0 saturated heterocycles. The topological polar surface area (TPSA) is 50.7 Å². The highest BCUT2D eigenvalue weighted by Gasteiger charge is 2.16. The van der Waals surface area contributed by atoms with E-state index in [0.717, 1.165) is 31.4 Å². The second kappa shape index (κ2) is 5.87. The fourth-order valence-electron chi connectivity index (χ4n) is 2.42. The van der Waals surface area contributed by atoms with Gasteiger partial charge in [0.25, 0.3) is 0 Å². The lowest BCUT2D eigenvalue weighted by Gasteiger charge is -2.21. The summed E-state index contributed by atoms with van der Waals surface area (Å²) >= 11 is 0. The van der Waals surface area contributed by atoms with Crippen LogP contribution in [0.4, 0.5) is 4.79 Å². The van der Waals surface area contributed by atoms with E-state index in [9.17, 15) is 4.79 Å². The van der Waals surface area contributed by atoms with Crippen LogP contribution in [0, 0.1) is 0 Å². The van der Waals surface area contributed by atoms with E-state index in [1.54, 1.807) is 0 Å². The molecule has 1 N–H and O–H groups in total. The fourth-order valence-corrected chi connectivity index (χ4v) is 2.42. The number of amides is 1. The van der Waals surface area contributed by atoms with Crippen molar-refractivity contribution >= 4 is 11.8 Å². The third kappa shape index (κ3) is 3.51. The molecule has 0 spiro atoms. The molecular formula is C12H20N2O2. The standard InChI is InChI=1S/C12H20N2O2/c15-12(13-10-6-2-1-3-7-10)16-14-11-8-4-5-9-11/h10H,1-9H2,(H,13,15). The maximum Gasteiger partial charge on any atom is 0.433 e. The normalized spacial score (nSPS) is 21.9. The molecule has 90 valence electrons. The Morgan fingerprint density at radius 3 is 2.50 bits per heavy atom. The van der Waals surface area contributed by atoms with Gasteiger partial charge in [0.15, 0.2) is 0 Å². The molecule has 2 fully saturated rings. The molecule has 2 aliphatic rings. The van der Waals surface area contributed by atoms with Gasteiger partial charge in [-0.1, -0.05) is 24.4 Å². The predicted octanol–water partition coefficient (Wildman–Crippen LogP) is 2.98. The molecular weight excluding hydrogens is 204 g/mol. The maximum absolute atomic E-state index is 11.4. The smallest absolute Gasteiger partial charge is 0.317 e. The zero-order valence-corrected chi connectivity index (χ0v) is 9.71. The van der Waals surface area contributed by atoms with E-state index in [2.05, 4.69) is 10.5 Å². The number of nitrogens with one attached hydrogen (secondary N) is 1. The summed E-state index contributed by atoms with van der Waals surface area (Å²) in [6.07, 6.45) is 9.78. The molecule has 0 heterocycles. The zero-order valence-electron chi connectivity index (χ0n) is 9.71. The third-order valence-electron chi connectivity index (χ3n) is 3.37. The number of rotatable bonds is 2. The molecule has 4 nitrogen and oxygen atoms in total. The lowest BCUT2D eigenvalue weighted by atomic mass is 9.96. The van der Waals surface area contributed by atoms with Crippen molar-refractivity contribution in [1.82, 2.24) is 5.32 Å². The van der Waals surface area contributed by atoms with Gasteiger partial charge in [0.05, 0.1) is 5.71 Å². The predicted molar refractivity (Wildman–Crippen MR) is 62.4 cm³/mol. The quantitative estimate of drug-likeness (QED) is 0.579. The molecule has 0 aromatic heterocycles. The third-order valence-corrected chi connectivity index (χ3v) is 3.37. The Hall–Kier alpha value is -1.06. The van der Waals surface area contributed by atoms with Crippen molar-refractivity contribution in [3.8, 4) is 0 Å². The van der Waals surface area contributed by atoms with E-state index < -0.39 is 0 Å². The van der Waals surface area contributed by atoms with E-state index in [1.165, 1.54) is 32.1 Å². The van der Waals surface area contributed by atoms with Crippen LogP contribution in [0.5, 0.6) is 0 Å². The molecule has 0 atom stereocenters. The summed E-state index contributed by atoms with van der Waals surface area (Å²) in [7, 11) is 0.